The Hall–Kier alpha value is -1.79. The van der Waals surface area contributed by atoms with Crippen LogP contribution in [-0.2, 0) is 6.18 Å². The third-order valence-corrected chi connectivity index (χ3v) is 3.10. The highest BCUT2D eigenvalue weighted by atomic mass is 19.4. The Morgan fingerprint density at radius 2 is 2.05 bits per heavy atom. The number of carbonyl (C=O) groups is 1. The Morgan fingerprint density at radius 3 is 2.50 bits per heavy atom. The van der Waals surface area contributed by atoms with E-state index in [1.807, 2.05) is 13.8 Å². The van der Waals surface area contributed by atoms with Crippen molar-refractivity contribution in [2.24, 2.45) is 0 Å². The zero-order valence-corrected chi connectivity index (χ0v) is 11.5. The number of aromatic carboxylic acids is 1. The zero-order chi connectivity index (χ0) is 15.5. The Balaban J connectivity index is 3.28. The molecule has 112 valence electrons. The van der Waals surface area contributed by atoms with Crippen LogP contribution in [0.3, 0.4) is 0 Å². The van der Waals surface area contributed by atoms with Crippen molar-refractivity contribution in [1.29, 1.82) is 0 Å². The van der Waals surface area contributed by atoms with Gasteiger partial charge in [-0.15, -0.1) is 0 Å². The highest BCUT2D eigenvalue weighted by Gasteiger charge is 2.34. The van der Waals surface area contributed by atoms with Crippen LogP contribution in [0.25, 0.3) is 0 Å². The molecular weight excluding hydrogens is 273 g/mol. The quantitative estimate of drug-likeness (QED) is 0.902. The van der Waals surface area contributed by atoms with Crippen molar-refractivity contribution in [1.82, 2.24) is 4.98 Å². The van der Waals surface area contributed by atoms with Gasteiger partial charge in [0.25, 0.3) is 0 Å². The molecule has 0 spiro atoms. The Bertz CT molecular complexity index is 489. The van der Waals surface area contributed by atoms with Gasteiger partial charge in [0.05, 0.1) is 0 Å². The van der Waals surface area contributed by atoms with E-state index in [1.165, 1.54) is 4.90 Å². The van der Waals surface area contributed by atoms with Crippen molar-refractivity contribution in [3.63, 3.8) is 0 Å². The first-order valence-corrected chi connectivity index (χ1v) is 6.22. The predicted molar refractivity (Wildman–Crippen MR) is 69.0 cm³/mol. The molecule has 0 saturated heterocycles. The van der Waals surface area contributed by atoms with Gasteiger partial charge in [-0.25, -0.2) is 9.78 Å². The maximum atomic E-state index is 12.7. The number of rotatable bonds is 5. The average Bonchev–Trinajstić information content (AvgIpc) is 2.36. The number of nitrogens with zero attached hydrogens (tertiary/aromatic N) is 2. The average molecular weight is 290 g/mol. The fourth-order valence-electron chi connectivity index (χ4n) is 1.86. The van der Waals surface area contributed by atoms with Gasteiger partial charge in [0.1, 0.15) is 17.1 Å². The standard InChI is InChI=1S/C13H17F3N2O2/c1-4-5-8(2)18(3)11-9(12(19)20)6-7-10(17-11)13(14,15)16/h6-8H,4-5H2,1-3H3,(H,19,20). The first-order valence-electron chi connectivity index (χ1n) is 6.22. The summed E-state index contributed by atoms with van der Waals surface area (Å²) in [5.74, 6) is -1.45. The Kier molecular flexibility index (Phi) is 4.97. The number of carboxylic acid groups (broad SMARTS) is 1. The van der Waals surface area contributed by atoms with Crippen LogP contribution in [0, 0.1) is 0 Å². The second kappa shape index (κ2) is 6.11. The molecule has 1 unspecified atom stereocenters. The van der Waals surface area contributed by atoms with Crippen molar-refractivity contribution >= 4 is 11.8 Å². The minimum Gasteiger partial charge on any atom is -0.478 e. The van der Waals surface area contributed by atoms with Crippen molar-refractivity contribution in [3.05, 3.63) is 23.4 Å². The summed E-state index contributed by atoms with van der Waals surface area (Å²) >= 11 is 0. The number of halogens is 3. The molecule has 0 radical (unpaired) electrons. The lowest BCUT2D eigenvalue weighted by molar-refractivity contribution is -0.141. The molecule has 0 amide bonds. The number of carboxylic acids is 1. The molecule has 1 rings (SSSR count). The second-order valence-corrected chi connectivity index (χ2v) is 4.62. The number of anilines is 1. The van der Waals surface area contributed by atoms with E-state index < -0.39 is 17.8 Å². The van der Waals surface area contributed by atoms with Gasteiger partial charge in [0.15, 0.2) is 0 Å². The molecule has 0 fully saturated rings. The summed E-state index contributed by atoms with van der Waals surface area (Å²) in [6, 6.07) is 1.53. The minimum absolute atomic E-state index is 0.103. The normalized spacial score (nSPS) is 13.1. The lowest BCUT2D eigenvalue weighted by Crippen LogP contribution is -2.31. The summed E-state index contributed by atoms with van der Waals surface area (Å²) in [6.45, 7) is 3.76. The van der Waals surface area contributed by atoms with E-state index in [2.05, 4.69) is 4.98 Å². The SMILES string of the molecule is CCCC(C)N(C)c1nc(C(F)(F)F)ccc1C(=O)O. The fourth-order valence-corrected chi connectivity index (χ4v) is 1.86. The summed E-state index contributed by atoms with van der Waals surface area (Å²) in [4.78, 5) is 16.1. The first kappa shape index (κ1) is 16.3. The topological polar surface area (TPSA) is 53.4 Å². The minimum atomic E-state index is -4.60. The number of pyridine rings is 1. The summed E-state index contributed by atoms with van der Waals surface area (Å²) < 4.78 is 38.1. The van der Waals surface area contributed by atoms with E-state index in [9.17, 15) is 18.0 Å². The van der Waals surface area contributed by atoms with Crippen molar-refractivity contribution in [2.75, 3.05) is 11.9 Å². The Morgan fingerprint density at radius 1 is 1.45 bits per heavy atom. The van der Waals surface area contributed by atoms with Gasteiger partial charge < -0.3 is 10.0 Å². The first-order chi connectivity index (χ1) is 9.18. The van der Waals surface area contributed by atoms with Crippen LogP contribution >= 0.6 is 0 Å². The van der Waals surface area contributed by atoms with Crippen molar-refractivity contribution in [3.8, 4) is 0 Å². The highest BCUT2D eigenvalue weighted by molar-refractivity contribution is 5.93. The molecule has 1 aromatic heterocycles. The highest BCUT2D eigenvalue weighted by Crippen LogP contribution is 2.31. The van der Waals surface area contributed by atoms with Crippen molar-refractivity contribution < 1.29 is 23.1 Å². The number of hydrogen-bond acceptors (Lipinski definition) is 3. The lowest BCUT2D eigenvalue weighted by Gasteiger charge is -2.27. The van der Waals surface area contributed by atoms with E-state index >= 15 is 0 Å². The van der Waals surface area contributed by atoms with Gasteiger partial charge in [0, 0.05) is 13.1 Å². The van der Waals surface area contributed by atoms with Crippen LogP contribution in [0.4, 0.5) is 19.0 Å². The number of hydrogen-bond donors (Lipinski definition) is 1. The van der Waals surface area contributed by atoms with Gasteiger partial charge in [0.2, 0.25) is 0 Å². The van der Waals surface area contributed by atoms with Gasteiger partial charge in [-0.05, 0) is 25.5 Å². The maximum absolute atomic E-state index is 12.7. The monoisotopic (exact) mass is 290 g/mol. The van der Waals surface area contributed by atoms with Crippen LogP contribution in [0.15, 0.2) is 12.1 Å². The summed E-state index contributed by atoms with van der Waals surface area (Å²) in [5.41, 5.74) is -1.32. The molecule has 1 atom stereocenters. The molecule has 0 saturated carbocycles. The van der Waals surface area contributed by atoms with Gasteiger partial charge in [-0.3, -0.25) is 0 Å². The van der Waals surface area contributed by atoms with Crippen LogP contribution < -0.4 is 4.90 Å². The molecule has 1 heterocycles. The lowest BCUT2D eigenvalue weighted by atomic mass is 10.1. The van der Waals surface area contributed by atoms with Gasteiger partial charge in [-0.1, -0.05) is 13.3 Å². The molecule has 7 heteroatoms. The molecule has 0 aromatic carbocycles. The molecule has 4 nitrogen and oxygen atoms in total. The molecule has 20 heavy (non-hydrogen) atoms. The predicted octanol–water partition coefficient (Wildman–Crippen LogP) is 3.42. The van der Waals surface area contributed by atoms with E-state index in [0.717, 1.165) is 18.9 Å². The van der Waals surface area contributed by atoms with Crippen molar-refractivity contribution in [2.45, 2.75) is 38.9 Å². The number of aromatic nitrogens is 1. The number of alkyl halides is 3. The Labute approximate surface area is 115 Å². The molecule has 0 bridgehead atoms. The van der Waals surface area contributed by atoms with Crippen LogP contribution in [0.1, 0.15) is 42.7 Å². The molecular formula is C13H17F3N2O2. The third kappa shape index (κ3) is 3.61. The fraction of sp³-hybridized carbons (Fsp3) is 0.538. The van der Waals surface area contributed by atoms with Crippen LogP contribution in [0.2, 0.25) is 0 Å². The maximum Gasteiger partial charge on any atom is 0.433 e. The van der Waals surface area contributed by atoms with Gasteiger partial charge in [-0.2, -0.15) is 13.2 Å². The van der Waals surface area contributed by atoms with E-state index in [0.29, 0.717) is 6.07 Å². The third-order valence-electron chi connectivity index (χ3n) is 3.10. The van der Waals surface area contributed by atoms with Gasteiger partial charge >= 0.3 is 12.1 Å². The second-order valence-electron chi connectivity index (χ2n) is 4.62. The van der Waals surface area contributed by atoms with E-state index in [-0.39, 0.29) is 17.4 Å². The molecule has 1 N–H and O–H groups in total. The summed E-state index contributed by atoms with van der Waals surface area (Å²) in [7, 11) is 1.55. The van der Waals surface area contributed by atoms with E-state index in [4.69, 9.17) is 5.11 Å². The molecule has 0 aliphatic carbocycles. The van der Waals surface area contributed by atoms with Crippen LogP contribution in [-0.4, -0.2) is 29.1 Å². The molecule has 0 aliphatic rings. The largest absolute Gasteiger partial charge is 0.478 e. The summed E-state index contributed by atoms with van der Waals surface area (Å²) in [6.07, 6.45) is -3.03. The summed E-state index contributed by atoms with van der Waals surface area (Å²) in [5, 5.41) is 9.07. The van der Waals surface area contributed by atoms with Crippen LogP contribution in [0.5, 0.6) is 0 Å². The smallest absolute Gasteiger partial charge is 0.433 e. The zero-order valence-electron chi connectivity index (χ0n) is 11.5. The van der Waals surface area contributed by atoms with E-state index in [1.54, 1.807) is 7.05 Å². The molecule has 1 aromatic rings. The molecule has 0 aliphatic heterocycles.